The van der Waals surface area contributed by atoms with Crippen LogP contribution in [0.1, 0.15) is 12.8 Å². The molecular formula is C14H29Cl2N3O2. The second-order valence-corrected chi connectivity index (χ2v) is 6.01. The van der Waals surface area contributed by atoms with Crippen molar-refractivity contribution in [3.05, 3.63) is 0 Å². The van der Waals surface area contributed by atoms with Crippen LogP contribution >= 0.6 is 24.8 Å². The molecule has 0 aromatic heterocycles. The van der Waals surface area contributed by atoms with Gasteiger partial charge in [0.25, 0.3) is 0 Å². The number of nitrogens with zero attached hydrogens (tertiary/aromatic N) is 2. The summed E-state index contributed by atoms with van der Waals surface area (Å²) < 4.78 is 5.64. The number of carbonyl (C=O) groups excluding carboxylic acids is 1. The van der Waals surface area contributed by atoms with Crippen molar-refractivity contribution in [1.82, 2.24) is 15.1 Å². The maximum absolute atomic E-state index is 12.6. The van der Waals surface area contributed by atoms with Crippen molar-refractivity contribution in [3.63, 3.8) is 0 Å². The number of ether oxygens (including phenoxy) is 1. The van der Waals surface area contributed by atoms with E-state index >= 15 is 0 Å². The Kier molecular flexibility index (Phi) is 10.6. The summed E-state index contributed by atoms with van der Waals surface area (Å²) in [5.41, 5.74) is 0. The molecule has 1 N–H and O–H groups in total. The molecule has 21 heavy (non-hydrogen) atoms. The van der Waals surface area contributed by atoms with Gasteiger partial charge in [0.05, 0.1) is 13.2 Å². The monoisotopic (exact) mass is 341 g/mol. The zero-order valence-corrected chi connectivity index (χ0v) is 14.7. The van der Waals surface area contributed by atoms with E-state index in [1.54, 1.807) is 0 Å². The molecule has 7 heteroatoms. The van der Waals surface area contributed by atoms with Crippen LogP contribution in [0, 0.1) is 11.8 Å². The fourth-order valence-corrected chi connectivity index (χ4v) is 3.03. The van der Waals surface area contributed by atoms with E-state index < -0.39 is 0 Å². The number of amides is 1. The maximum atomic E-state index is 12.6. The van der Waals surface area contributed by atoms with Gasteiger partial charge in [-0.3, -0.25) is 4.79 Å². The van der Waals surface area contributed by atoms with Gasteiger partial charge in [-0.2, -0.15) is 0 Å². The van der Waals surface area contributed by atoms with Gasteiger partial charge in [-0.15, -0.1) is 24.8 Å². The fourth-order valence-electron chi connectivity index (χ4n) is 3.03. The highest BCUT2D eigenvalue weighted by atomic mass is 35.5. The molecule has 5 nitrogen and oxygen atoms in total. The lowest BCUT2D eigenvalue weighted by Crippen LogP contribution is -2.44. The van der Waals surface area contributed by atoms with E-state index in [-0.39, 0.29) is 30.7 Å². The van der Waals surface area contributed by atoms with Gasteiger partial charge in [-0.05, 0) is 40.0 Å². The number of halogens is 2. The molecule has 2 rings (SSSR count). The molecule has 1 amide bonds. The highest BCUT2D eigenvalue weighted by Gasteiger charge is 2.29. The van der Waals surface area contributed by atoms with Crippen LogP contribution in [0.4, 0.5) is 0 Å². The van der Waals surface area contributed by atoms with Gasteiger partial charge in [0.2, 0.25) is 5.91 Å². The average Bonchev–Trinajstić information content (AvgIpc) is 2.64. The molecule has 0 aliphatic carbocycles. The first-order valence-corrected chi connectivity index (χ1v) is 7.39. The van der Waals surface area contributed by atoms with Gasteiger partial charge in [0.15, 0.2) is 0 Å². The summed E-state index contributed by atoms with van der Waals surface area (Å²) in [6, 6.07) is 0. The number of hydrogen-bond donors (Lipinski definition) is 1. The van der Waals surface area contributed by atoms with Gasteiger partial charge >= 0.3 is 0 Å². The molecule has 0 aromatic carbocycles. The van der Waals surface area contributed by atoms with Crippen LogP contribution in [-0.4, -0.2) is 75.7 Å². The number of carbonyl (C=O) groups is 1. The zero-order chi connectivity index (χ0) is 13.7. The minimum atomic E-state index is 0. The lowest BCUT2D eigenvalue weighted by molar-refractivity contribution is -0.136. The Balaban J connectivity index is 0.00000200. The van der Waals surface area contributed by atoms with E-state index in [1.165, 1.54) is 0 Å². The molecule has 1 unspecified atom stereocenters. The summed E-state index contributed by atoms with van der Waals surface area (Å²) >= 11 is 0. The van der Waals surface area contributed by atoms with Crippen molar-refractivity contribution < 1.29 is 9.53 Å². The van der Waals surface area contributed by atoms with E-state index in [0.29, 0.717) is 18.4 Å². The molecular weight excluding hydrogens is 313 g/mol. The molecule has 1 atom stereocenters. The lowest BCUT2D eigenvalue weighted by atomic mass is 9.96. The third kappa shape index (κ3) is 6.70. The molecule has 2 aliphatic heterocycles. The normalized spacial score (nSPS) is 24.0. The second kappa shape index (κ2) is 10.6. The third-order valence-electron chi connectivity index (χ3n) is 3.96. The van der Waals surface area contributed by atoms with Crippen molar-refractivity contribution in [2.75, 3.05) is 60.0 Å². The highest BCUT2D eigenvalue weighted by Crippen LogP contribution is 2.17. The second-order valence-electron chi connectivity index (χ2n) is 6.01. The predicted octanol–water partition coefficient (Wildman–Crippen LogP) is 0.866. The third-order valence-corrected chi connectivity index (χ3v) is 3.96. The Morgan fingerprint density at radius 2 is 1.95 bits per heavy atom. The van der Waals surface area contributed by atoms with Crippen LogP contribution in [0.5, 0.6) is 0 Å². The van der Waals surface area contributed by atoms with E-state index in [9.17, 15) is 4.79 Å². The Morgan fingerprint density at radius 1 is 1.29 bits per heavy atom. The number of piperidine rings is 1. The fraction of sp³-hybridized carbons (Fsp3) is 0.929. The predicted molar refractivity (Wildman–Crippen MR) is 89.5 cm³/mol. The Bertz CT molecular complexity index is 300. The lowest BCUT2D eigenvalue weighted by Gasteiger charge is -2.30. The first kappa shape index (κ1) is 20.9. The van der Waals surface area contributed by atoms with Crippen LogP contribution < -0.4 is 5.32 Å². The number of nitrogens with one attached hydrogen (secondary N) is 1. The topological polar surface area (TPSA) is 44.8 Å². The van der Waals surface area contributed by atoms with Crippen molar-refractivity contribution in [2.24, 2.45) is 11.8 Å². The van der Waals surface area contributed by atoms with Gasteiger partial charge in [-0.25, -0.2) is 0 Å². The molecule has 2 saturated heterocycles. The van der Waals surface area contributed by atoms with Crippen LogP contribution in [0.25, 0.3) is 0 Å². The summed E-state index contributed by atoms with van der Waals surface area (Å²) in [5, 5.41) is 3.32. The van der Waals surface area contributed by atoms with Gasteiger partial charge < -0.3 is 19.9 Å². The minimum absolute atomic E-state index is 0. The Hall–Kier alpha value is -0.0700. The molecule has 126 valence electrons. The molecule has 2 heterocycles. The Labute approximate surface area is 140 Å². The first-order chi connectivity index (χ1) is 9.16. The number of rotatable bonds is 3. The van der Waals surface area contributed by atoms with Crippen molar-refractivity contribution in [2.45, 2.75) is 12.8 Å². The molecule has 0 aromatic rings. The Morgan fingerprint density at radius 3 is 2.57 bits per heavy atom. The molecule has 0 spiro atoms. The summed E-state index contributed by atoms with van der Waals surface area (Å²) in [6.07, 6.45) is 1.96. The summed E-state index contributed by atoms with van der Waals surface area (Å²) in [6.45, 7) is 5.99. The van der Waals surface area contributed by atoms with E-state index in [2.05, 4.69) is 24.3 Å². The highest BCUT2D eigenvalue weighted by molar-refractivity contribution is 5.85. The van der Waals surface area contributed by atoms with E-state index in [0.717, 1.165) is 52.2 Å². The minimum Gasteiger partial charge on any atom is -0.379 e. The van der Waals surface area contributed by atoms with Crippen LogP contribution in [0.3, 0.4) is 0 Å². The van der Waals surface area contributed by atoms with Crippen molar-refractivity contribution >= 4 is 30.7 Å². The summed E-state index contributed by atoms with van der Waals surface area (Å²) in [7, 11) is 4.15. The van der Waals surface area contributed by atoms with Crippen LogP contribution in [0.15, 0.2) is 0 Å². The van der Waals surface area contributed by atoms with Gasteiger partial charge in [0.1, 0.15) is 0 Å². The van der Waals surface area contributed by atoms with Gasteiger partial charge in [0, 0.05) is 31.5 Å². The summed E-state index contributed by atoms with van der Waals surface area (Å²) in [5.74, 6) is 0.998. The van der Waals surface area contributed by atoms with Gasteiger partial charge in [-0.1, -0.05) is 0 Å². The van der Waals surface area contributed by atoms with Crippen molar-refractivity contribution in [1.29, 1.82) is 0 Å². The van der Waals surface area contributed by atoms with Crippen LogP contribution in [0.2, 0.25) is 0 Å². The zero-order valence-electron chi connectivity index (χ0n) is 13.0. The smallest absolute Gasteiger partial charge is 0.225 e. The standard InChI is InChI=1S/C14H27N3O2.2ClH/c1-16(2)9-12-10-17(7-8-19-11-12)14(18)13-3-5-15-6-4-13;;/h12-13,15H,3-11H2,1-2H3;2*1H. The molecule has 2 aliphatic rings. The quantitative estimate of drug-likeness (QED) is 0.827. The average molecular weight is 342 g/mol. The number of hydrogen-bond acceptors (Lipinski definition) is 4. The van der Waals surface area contributed by atoms with E-state index in [4.69, 9.17) is 4.74 Å². The SMILES string of the molecule is CN(C)CC1COCCN(C(=O)C2CCNCC2)C1.Cl.Cl. The molecule has 2 fully saturated rings. The first-order valence-electron chi connectivity index (χ1n) is 7.39. The van der Waals surface area contributed by atoms with Crippen LogP contribution in [-0.2, 0) is 9.53 Å². The van der Waals surface area contributed by atoms with E-state index in [1.807, 2.05) is 4.90 Å². The summed E-state index contributed by atoms with van der Waals surface area (Å²) in [4.78, 5) is 16.8. The van der Waals surface area contributed by atoms with Crippen molar-refractivity contribution in [3.8, 4) is 0 Å². The largest absolute Gasteiger partial charge is 0.379 e. The maximum Gasteiger partial charge on any atom is 0.225 e. The molecule has 0 radical (unpaired) electrons. The molecule has 0 bridgehead atoms. The molecule has 0 saturated carbocycles.